The number of nitrogens with zero attached hydrogens (tertiary/aromatic N) is 2. The minimum Gasteiger partial charge on any atom is -0.304 e. The van der Waals surface area contributed by atoms with Crippen molar-refractivity contribution in [3.05, 3.63) is 115 Å². The zero-order valence-electron chi connectivity index (χ0n) is 23.3. The summed E-state index contributed by atoms with van der Waals surface area (Å²) >= 11 is 1.89. The van der Waals surface area contributed by atoms with Crippen LogP contribution in [0, 0.1) is 19.1 Å². The van der Waals surface area contributed by atoms with E-state index in [4.69, 9.17) is 4.98 Å². The number of thiophene rings is 1. The molecule has 1 saturated carbocycles. The van der Waals surface area contributed by atoms with Gasteiger partial charge < -0.3 is 9.97 Å². The Kier molecular flexibility index (Phi) is 8.49. The molecular formula is C35H32IrN2SSi-2. The van der Waals surface area contributed by atoms with Crippen molar-refractivity contribution in [3.63, 3.8) is 0 Å². The number of hydrogen-bond donors (Lipinski definition) is 0. The summed E-state index contributed by atoms with van der Waals surface area (Å²) in [6.07, 6.45) is 6.58. The first-order chi connectivity index (χ1) is 18.9. The third-order valence-electron chi connectivity index (χ3n) is 7.25. The SMILES string of the molecule is C[Si](C)(C)c1cccc2sc3c(-c4ccc(C5CC5)cn4)[c-]ccc3c12.Cc1ccc(-c2[c-]cccc2)nc1.[Ir]. The summed E-state index contributed by atoms with van der Waals surface area (Å²) in [7, 11) is -1.41. The summed E-state index contributed by atoms with van der Waals surface area (Å²) in [4.78, 5) is 9.10. The maximum Gasteiger partial charge on any atom is 0.0783 e. The van der Waals surface area contributed by atoms with Crippen molar-refractivity contribution in [1.82, 2.24) is 9.97 Å². The molecule has 6 aromatic rings. The first-order valence-corrected chi connectivity index (χ1v) is 17.9. The summed E-state index contributed by atoms with van der Waals surface area (Å²) < 4.78 is 2.70. The van der Waals surface area contributed by atoms with E-state index in [1.54, 1.807) is 5.19 Å². The number of hydrogen-bond acceptors (Lipinski definition) is 3. The van der Waals surface area contributed by atoms with Crippen LogP contribution in [0.15, 0.2) is 91.3 Å². The first-order valence-electron chi connectivity index (χ1n) is 13.6. The average molecular weight is 733 g/mol. The van der Waals surface area contributed by atoms with E-state index >= 15 is 0 Å². The molecule has 0 aliphatic heterocycles. The number of aromatic nitrogens is 2. The molecule has 5 heteroatoms. The van der Waals surface area contributed by atoms with Gasteiger partial charge in [0, 0.05) is 37.2 Å². The summed E-state index contributed by atoms with van der Waals surface area (Å²) in [5.41, 5.74) is 6.78. The topological polar surface area (TPSA) is 25.8 Å². The van der Waals surface area contributed by atoms with Crippen LogP contribution in [0.3, 0.4) is 0 Å². The van der Waals surface area contributed by atoms with E-state index in [0.29, 0.717) is 0 Å². The summed E-state index contributed by atoms with van der Waals surface area (Å²) in [6, 6.07) is 34.1. The van der Waals surface area contributed by atoms with Gasteiger partial charge in [-0.05, 0) is 64.4 Å². The molecule has 0 spiro atoms. The fraction of sp³-hybridized carbons (Fsp3) is 0.200. The first kappa shape index (κ1) is 28.6. The molecule has 1 radical (unpaired) electrons. The normalized spacial score (nSPS) is 13.0. The number of aryl methyl sites for hydroxylation is 1. The van der Waals surface area contributed by atoms with E-state index in [9.17, 15) is 0 Å². The Bertz CT molecular complexity index is 1730. The van der Waals surface area contributed by atoms with Gasteiger partial charge in [-0.1, -0.05) is 66.6 Å². The molecule has 0 atom stereocenters. The van der Waals surface area contributed by atoms with Crippen LogP contribution in [0.25, 0.3) is 42.7 Å². The zero-order valence-corrected chi connectivity index (χ0v) is 27.5. The fourth-order valence-electron chi connectivity index (χ4n) is 5.00. The van der Waals surface area contributed by atoms with Crippen LogP contribution in [-0.2, 0) is 20.1 Å². The quantitative estimate of drug-likeness (QED) is 0.134. The van der Waals surface area contributed by atoms with Gasteiger partial charge in [-0.25, -0.2) is 0 Å². The van der Waals surface area contributed by atoms with Crippen LogP contribution < -0.4 is 5.19 Å². The molecule has 0 N–H and O–H groups in total. The predicted molar refractivity (Wildman–Crippen MR) is 170 cm³/mol. The van der Waals surface area contributed by atoms with E-state index in [1.165, 1.54) is 44.1 Å². The van der Waals surface area contributed by atoms with Gasteiger partial charge in [-0.15, -0.1) is 59.7 Å². The van der Waals surface area contributed by atoms with Crippen LogP contribution in [0.1, 0.15) is 29.9 Å². The molecule has 0 unspecified atom stereocenters. The van der Waals surface area contributed by atoms with Crippen LogP contribution >= 0.6 is 11.3 Å². The van der Waals surface area contributed by atoms with Crippen molar-refractivity contribution in [3.8, 4) is 22.5 Å². The second-order valence-electron chi connectivity index (χ2n) is 11.4. The molecule has 40 heavy (non-hydrogen) atoms. The van der Waals surface area contributed by atoms with Gasteiger partial charge in [-0.3, -0.25) is 0 Å². The maximum atomic E-state index is 4.79. The molecule has 2 nitrogen and oxygen atoms in total. The molecule has 3 heterocycles. The van der Waals surface area contributed by atoms with Crippen molar-refractivity contribution in [2.45, 2.75) is 45.3 Å². The summed E-state index contributed by atoms with van der Waals surface area (Å²) in [5.74, 6) is 0.750. The van der Waals surface area contributed by atoms with Crippen molar-refractivity contribution < 1.29 is 20.1 Å². The van der Waals surface area contributed by atoms with E-state index in [2.05, 4.69) is 91.5 Å². The standard InChI is InChI=1S/C23H22NSSi.C12H10N.Ir/c1-26(2,3)21-9-5-8-20-22(21)18-7-4-6-17(23(18)25-20)19-13-12-16(14-24-19)15-10-11-15;1-10-7-8-12(13-9-10)11-5-3-2-4-6-11;/h4-5,7-9,12-15H,10-11H2,1-3H3;2-5,7-9H,1H3;/q2*-1;. The van der Waals surface area contributed by atoms with Crippen LogP contribution in [0.4, 0.5) is 0 Å². The Balaban J connectivity index is 0.000000195. The van der Waals surface area contributed by atoms with Gasteiger partial charge in [-0.2, -0.15) is 11.3 Å². The molecule has 7 rings (SSSR count). The second kappa shape index (κ2) is 11.9. The Morgan fingerprint density at radius 3 is 2.25 bits per heavy atom. The molecule has 1 fully saturated rings. The van der Waals surface area contributed by atoms with Crippen LogP contribution in [0.5, 0.6) is 0 Å². The molecule has 1 aliphatic rings. The average Bonchev–Trinajstić information content (AvgIpc) is 3.73. The monoisotopic (exact) mass is 733 g/mol. The fourth-order valence-corrected chi connectivity index (χ4v) is 7.94. The van der Waals surface area contributed by atoms with Crippen molar-refractivity contribution in [1.29, 1.82) is 0 Å². The van der Waals surface area contributed by atoms with Gasteiger partial charge in [0.15, 0.2) is 0 Å². The molecule has 3 aromatic carbocycles. The van der Waals surface area contributed by atoms with E-state index < -0.39 is 8.07 Å². The van der Waals surface area contributed by atoms with Gasteiger partial charge in [0.25, 0.3) is 0 Å². The Morgan fingerprint density at radius 1 is 0.800 bits per heavy atom. The zero-order chi connectivity index (χ0) is 27.0. The van der Waals surface area contributed by atoms with Crippen molar-refractivity contribution in [2.75, 3.05) is 0 Å². The van der Waals surface area contributed by atoms with E-state index in [0.717, 1.165) is 28.4 Å². The molecule has 0 amide bonds. The van der Waals surface area contributed by atoms with Crippen molar-refractivity contribution >= 4 is 44.8 Å². The van der Waals surface area contributed by atoms with Crippen molar-refractivity contribution in [2.24, 2.45) is 0 Å². The Hall–Kier alpha value is -2.95. The number of benzene rings is 3. The van der Waals surface area contributed by atoms with E-state index in [-0.39, 0.29) is 20.1 Å². The minimum atomic E-state index is -1.41. The number of rotatable bonds is 4. The predicted octanol–water partition coefficient (Wildman–Crippen LogP) is 9.19. The van der Waals surface area contributed by atoms with Crippen LogP contribution in [-0.4, -0.2) is 18.0 Å². The number of fused-ring (bicyclic) bond motifs is 3. The third kappa shape index (κ3) is 6.03. The molecule has 0 bridgehead atoms. The smallest absolute Gasteiger partial charge is 0.0783 e. The largest absolute Gasteiger partial charge is 0.304 e. The van der Waals surface area contributed by atoms with Crippen LogP contribution in [0.2, 0.25) is 19.6 Å². The molecule has 1 aliphatic carbocycles. The summed E-state index contributed by atoms with van der Waals surface area (Å²) in [5, 5.41) is 4.37. The van der Waals surface area contributed by atoms with Gasteiger partial charge in [0.05, 0.1) is 8.07 Å². The molecule has 203 valence electrons. The Morgan fingerprint density at radius 2 is 1.60 bits per heavy atom. The van der Waals surface area contributed by atoms with E-state index in [1.807, 2.05) is 54.8 Å². The molecule has 0 saturated heterocycles. The summed E-state index contributed by atoms with van der Waals surface area (Å²) in [6.45, 7) is 9.32. The van der Waals surface area contributed by atoms with Gasteiger partial charge in [0.2, 0.25) is 0 Å². The maximum absolute atomic E-state index is 4.79. The third-order valence-corrected chi connectivity index (χ3v) is 10.5. The van der Waals surface area contributed by atoms with Gasteiger partial charge >= 0.3 is 0 Å². The molecular weight excluding hydrogens is 701 g/mol. The Labute approximate surface area is 255 Å². The molecule has 3 aromatic heterocycles. The second-order valence-corrected chi connectivity index (χ2v) is 17.5. The minimum absolute atomic E-state index is 0. The number of pyridine rings is 2. The van der Waals surface area contributed by atoms with Gasteiger partial charge in [0.1, 0.15) is 0 Å².